The summed E-state index contributed by atoms with van der Waals surface area (Å²) in [6, 6.07) is 19.1. The van der Waals surface area contributed by atoms with Crippen molar-refractivity contribution in [2.45, 2.75) is 19.8 Å². The molecule has 0 atom stereocenters. The fraction of sp³-hybridized carbons (Fsp3) is 0.333. The molecule has 0 bridgehead atoms. The van der Waals surface area contributed by atoms with E-state index in [2.05, 4.69) is 71.3 Å². The fourth-order valence-electron chi connectivity index (χ4n) is 3.63. The molecular formula is C21H24N2O. The number of fused-ring (bicyclic) bond motifs is 2. The first-order chi connectivity index (χ1) is 11.9. The second kappa shape index (κ2) is 6.60. The van der Waals surface area contributed by atoms with Gasteiger partial charge in [-0.1, -0.05) is 43.7 Å². The van der Waals surface area contributed by atoms with E-state index in [9.17, 15) is 0 Å². The second-order valence-corrected chi connectivity index (χ2v) is 6.53. The number of nitrogens with zero attached hydrogens (tertiary/aromatic N) is 2. The molecule has 2 aromatic rings. The zero-order valence-corrected chi connectivity index (χ0v) is 14.2. The molecule has 0 unspecified atom stereocenters. The highest BCUT2D eigenvalue weighted by Gasteiger charge is 2.30. The number of ether oxygens (including phenoxy) is 1. The summed E-state index contributed by atoms with van der Waals surface area (Å²) in [7, 11) is 0. The van der Waals surface area contributed by atoms with Crippen LogP contribution >= 0.6 is 0 Å². The van der Waals surface area contributed by atoms with Crippen LogP contribution in [0.15, 0.2) is 60.2 Å². The summed E-state index contributed by atoms with van der Waals surface area (Å²) in [6.45, 7) is 5.92. The molecule has 3 heteroatoms. The van der Waals surface area contributed by atoms with Crippen LogP contribution in [-0.4, -0.2) is 31.3 Å². The highest BCUT2D eigenvalue weighted by atomic mass is 16.5. The minimum absolute atomic E-state index is 0.693. The van der Waals surface area contributed by atoms with E-state index < -0.39 is 0 Å². The van der Waals surface area contributed by atoms with Crippen molar-refractivity contribution in [2.75, 3.05) is 31.3 Å². The van der Waals surface area contributed by atoms with Crippen LogP contribution in [0.4, 0.5) is 5.69 Å². The molecule has 2 aliphatic heterocycles. The average Bonchev–Trinajstić information content (AvgIpc) is 2.66. The maximum atomic E-state index is 6.02. The van der Waals surface area contributed by atoms with Crippen LogP contribution < -0.4 is 9.64 Å². The topological polar surface area (TPSA) is 15.7 Å². The number of para-hydroxylation sites is 2. The van der Waals surface area contributed by atoms with Crippen molar-refractivity contribution in [1.29, 1.82) is 0 Å². The SMILES string of the molecule is CCCCN1CN(c2ccccc2)CC2=C1c1ccccc1OC2. The summed E-state index contributed by atoms with van der Waals surface area (Å²) in [5, 5.41) is 0. The Morgan fingerprint density at radius 3 is 2.62 bits per heavy atom. The van der Waals surface area contributed by atoms with Gasteiger partial charge < -0.3 is 14.5 Å². The van der Waals surface area contributed by atoms with Crippen molar-refractivity contribution in [1.82, 2.24) is 4.90 Å². The van der Waals surface area contributed by atoms with E-state index in [-0.39, 0.29) is 0 Å². The van der Waals surface area contributed by atoms with Crippen LogP contribution in [0.2, 0.25) is 0 Å². The lowest BCUT2D eigenvalue weighted by Crippen LogP contribution is -2.45. The molecule has 3 nitrogen and oxygen atoms in total. The predicted octanol–water partition coefficient (Wildman–Crippen LogP) is 4.37. The van der Waals surface area contributed by atoms with E-state index in [1.165, 1.54) is 35.4 Å². The van der Waals surface area contributed by atoms with Crippen molar-refractivity contribution in [3.8, 4) is 5.75 Å². The van der Waals surface area contributed by atoms with Gasteiger partial charge in [0.25, 0.3) is 0 Å². The number of anilines is 1. The van der Waals surface area contributed by atoms with Crippen LogP contribution in [0.3, 0.4) is 0 Å². The van der Waals surface area contributed by atoms with Gasteiger partial charge in [0.1, 0.15) is 12.4 Å². The molecule has 0 N–H and O–H groups in total. The molecule has 2 aliphatic rings. The number of benzene rings is 2. The molecule has 0 fully saturated rings. The lowest BCUT2D eigenvalue weighted by molar-refractivity contribution is 0.307. The third kappa shape index (κ3) is 2.75. The molecule has 0 saturated heterocycles. The Balaban J connectivity index is 1.72. The monoisotopic (exact) mass is 320 g/mol. The maximum Gasteiger partial charge on any atom is 0.129 e. The van der Waals surface area contributed by atoms with Gasteiger partial charge in [0.15, 0.2) is 0 Å². The van der Waals surface area contributed by atoms with Crippen LogP contribution in [0.1, 0.15) is 25.3 Å². The quantitative estimate of drug-likeness (QED) is 0.832. The van der Waals surface area contributed by atoms with Crippen molar-refractivity contribution in [2.24, 2.45) is 0 Å². The van der Waals surface area contributed by atoms with E-state index in [4.69, 9.17) is 4.74 Å². The minimum atomic E-state index is 0.693. The molecular weight excluding hydrogens is 296 g/mol. The van der Waals surface area contributed by atoms with Gasteiger partial charge in [-0.05, 0) is 30.7 Å². The first kappa shape index (κ1) is 15.1. The van der Waals surface area contributed by atoms with Gasteiger partial charge in [0.05, 0.1) is 12.4 Å². The summed E-state index contributed by atoms with van der Waals surface area (Å²) < 4.78 is 6.02. The molecule has 2 aromatic carbocycles. The van der Waals surface area contributed by atoms with Gasteiger partial charge in [-0.3, -0.25) is 0 Å². The largest absolute Gasteiger partial charge is 0.488 e. The average molecular weight is 320 g/mol. The van der Waals surface area contributed by atoms with Crippen LogP contribution in [-0.2, 0) is 0 Å². The highest BCUT2D eigenvalue weighted by Crippen LogP contribution is 2.38. The fourth-order valence-corrected chi connectivity index (χ4v) is 3.63. The van der Waals surface area contributed by atoms with E-state index >= 15 is 0 Å². The van der Waals surface area contributed by atoms with Gasteiger partial charge in [-0.2, -0.15) is 0 Å². The summed E-state index contributed by atoms with van der Waals surface area (Å²) in [5.74, 6) is 1.02. The van der Waals surface area contributed by atoms with E-state index in [1.54, 1.807) is 0 Å². The summed E-state index contributed by atoms with van der Waals surface area (Å²) >= 11 is 0. The smallest absolute Gasteiger partial charge is 0.129 e. The van der Waals surface area contributed by atoms with Gasteiger partial charge in [-0.25, -0.2) is 0 Å². The zero-order valence-electron chi connectivity index (χ0n) is 14.2. The number of unbranched alkanes of at least 4 members (excludes halogenated alkanes) is 1. The summed E-state index contributed by atoms with van der Waals surface area (Å²) in [4.78, 5) is 4.99. The van der Waals surface area contributed by atoms with Crippen molar-refractivity contribution >= 4 is 11.4 Å². The Labute approximate surface area is 144 Å². The zero-order chi connectivity index (χ0) is 16.4. The van der Waals surface area contributed by atoms with Crippen molar-refractivity contribution in [3.05, 3.63) is 65.7 Å². The van der Waals surface area contributed by atoms with Crippen LogP contribution in [0, 0.1) is 0 Å². The molecule has 4 rings (SSSR count). The van der Waals surface area contributed by atoms with Gasteiger partial charge in [0.2, 0.25) is 0 Å². The Morgan fingerprint density at radius 1 is 1.00 bits per heavy atom. The molecule has 2 heterocycles. The molecule has 0 amide bonds. The molecule has 0 aromatic heterocycles. The first-order valence-corrected chi connectivity index (χ1v) is 8.86. The van der Waals surface area contributed by atoms with Gasteiger partial charge >= 0.3 is 0 Å². The normalized spacial score (nSPS) is 16.5. The van der Waals surface area contributed by atoms with E-state index in [0.717, 1.165) is 25.5 Å². The summed E-state index contributed by atoms with van der Waals surface area (Å²) in [5.41, 5.74) is 5.32. The van der Waals surface area contributed by atoms with Crippen molar-refractivity contribution in [3.63, 3.8) is 0 Å². The van der Waals surface area contributed by atoms with E-state index in [0.29, 0.717) is 6.61 Å². The van der Waals surface area contributed by atoms with Crippen molar-refractivity contribution < 1.29 is 4.74 Å². The van der Waals surface area contributed by atoms with Gasteiger partial charge in [-0.15, -0.1) is 0 Å². The Hall–Kier alpha value is -2.42. The highest BCUT2D eigenvalue weighted by molar-refractivity contribution is 5.76. The molecule has 0 radical (unpaired) electrons. The molecule has 0 spiro atoms. The maximum absolute atomic E-state index is 6.02. The van der Waals surface area contributed by atoms with E-state index in [1.807, 2.05) is 0 Å². The molecule has 0 saturated carbocycles. The Bertz CT molecular complexity index is 739. The number of rotatable bonds is 4. The third-order valence-corrected chi connectivity index (χ3v) is 4.82. The first-order valence-electron chi connectivity index (χ1n) is 8.86. The summed E-state index contributed by atoms with van der Waals surface area (Å²) in [6.07, 6.45) is 2.42. The molecule has 124 valence electrons. The molecule has 24 heavy (non-hydrogen) atoms. The molecule has 0 aliphatic carbocycles. The number of hydrogen-bond acceptors (Lipinski definition) is 3. The van der Waals surface area contributed by atoms with Gasteiger partial charge in [0, 0.05) is 29.9 Å². The second-order valence-electron chi connectivity index (χ2n) is 6.53. The Kier molecular flexibility index (Phi) is 4.16. The Morgan fingerprint density at radius 2 is 1.79 bits per heavy atom. The lowest BCUT2D eigenvalue weighted by atomic mass is 9.99. The minimum Gasteiger partial charge on any atom is -0.488 e. The standard InChI is InChI=1S/C21H24N2O/c1-2-3-13-22-16-23(18-9-5-4-6-10-18)14-17-15-24-20-12-8-7-11-19(20)21(17)22/h4-12H,2-3,13-16H2,1H3. The number of hydrogen-bond donors (Lipinski definition) is 0. The van der Waals surface area contributed by atoms with Crippen LogP contribution in [0.5, 0.6) is 5.75 Å². The lowest BCUT2D eigenvalue weighted by Gasteiger charge is -2.43. The third-order valence-electron chi connectivity index (χ3n) is 4.82. The van der Waals surface area contributed by atoms with Crippen LogP contribution in [0.25, 0.3) is 5.70 Å². The predicted molar refractivity (Wildman–Crippen MR) is 99.1 cm³/mol.